The molecule has 0 N–H and O–H groups in total. The van der Waals surface area contributed by atoms with Crippen LogP contribution in [0.3, 0.4) is 0 Å². The van der Waals surface area contributed by atoms with Gasteiger partial charge in [0.1, 0.15) is 18.6 Å². The highest BCUT2D eigenvalue weighted by atomic mass is 28.3. The smallest absolute Gasteiger partial charge is 0.306 e. The third-order valence-electron chi connectivity index (χ3n) is 3.91. The van der Waals surface area contributed by atoms with Crippen molar-refractivity contribution in [3.8, 4) is 0 Å². The Morgan fingerprint density at radius 2 is 2.12 bits per heavy atom. The Bertz CT molecular complexity index is 940. The van der Waals surface area contributed by atoms with E-state index in [1.165, 1.54) is 6.20 Å². The fourth-order valence-corrected chi connectivity index (χ4v) is 3.35. The van der Waals surface area contributed by atoms with Crippen LogP contribution in [0.5, 0.6) is 0 Å². The molecule has 0 saturated carbocycles. The van der Waals surface area contributed by atoms with Crippen LogP contribution < -0.4 is 0 Å². The lowest BCUT2D eigenvalue weighted by atomic mass is 10.2. The minimum absolute atomic E-state index is 0.218. The summed E-state index contributed by atoms with van der Waals surface area (Å²) in [5.41, 5.74) is 1.24. The van der Waals surface area contributed by atoms with Gasteiger partial charge < -0.3 is 9.58 Å². The van der Waals surface area contributed by atoms with Crippen LogP contribution >= 0.6 is 0 Å². The van der Waals surface area contributed by atoms with Crippen molar-refractivity contribution >= 4 is 35.8 Å². The van der Waals surface area contributed by atoms with Crippen LogP contribution in [0, 0.1) is 12.4 Å². The van der Waals surface area contributed by atoms with Gasteiger partial charge in [-0.2, -0.15) is 0 Å². The van der Waals surface area contributed by atoms with Crippen molar-refractivity contribution in [2.24, 2.45) is 0 Å². The molecular weight excluding hydrogens is 323 g/mol. The second kappa shape index (κ2) is 6.30. The topological polar surface area (TPSA) is 44.3 Å². The molecule has 3 rings (SSSR count). The van der Waals surface area contributed by atoms with Crippen LogP contribution in [0.1, 0.15) is 0 Å². The Hall–Kier alpha value is -2.30. The number of halogens is 1. The number of aromatic nitrogens is 3. The molecule has 7 heteroatoms. The molecule has 0 aliphatic carbocycles. The zero-order valence-corrected chi connectivity index (χ0v) is 15.0. The van der Waals surface area contributed by atoms with Crippen LogP contribution in [-0.4, -0.2) is 29.2 Å². The van der Waals surface area contributed by atoms with Crippen molar-refractivity contribution in [3.05, 3.63) is 41.8 Å². The van der Waals surface area contributed by atoms with Gasteiger partial charge in [-0.1, -0.05) is 26.2 Å². The second-order valence-corrected chi connectivity index (χ2v) is 12.5. The van der Waals surface area contributed by atoms with E-state index in [2.05, 4.69) is 34.5 Å². The summed E-state index contributed by atoms with van der Waals surface area (Å²) in [7, 11) is -1.16. The van der Waals surface area contributed by atoms with Crippen LogP contribution in [0.25, 0.3) is 26.8 Å². The predicted molar refractivity (Wildman–Crippen MR) is 95.4 cm³/mol. The normalized spacial score (nSPS) is 12.0. The highest BCUT2D eigenvalue weighted by Gasteiger charge is 2.19. The van der Waals surface area contributed by atoms with Crippen molar-refractivity contribution in [3.63, 3.8) is 0 Å². The first kappa shape index (κ1) is 16.6. The molecular formula is C17H19FN4OSi. The van der Waals surface area contributed by atoms with Crippen molar-refractivity contribution in [1.29, 1.82) is 0 Å². The molecule has 0 saturated heterocycles. The molecule has 0 aliphatic rings. The maximum absolute atomic E-state index is 14.6. The number of hydrogen-bond acceptors (Lipinski definition) is 3. The number of hydrogen-bond donors (Lipinski definition) is 0. The van der Waals surface area contributed by atoms with E-state index in [1.807, 2.05) is 4.57 Å². The summed E-state index contributed by atoms with van der Waals surface area (Å²) in [6, 6.07) is 4.63. The molecule has 0 radical (unpaired) electrons. The first-order chi connectivity index (χ1) is 11.4. The Morgan fingerprint density at radius 1 is 1.33 bits per heavy atom. The SMILES string of the molecule is [C-]#[N+]c1ncc2c(c1F)c1cccnc1n2COCC[Si](C)(C)C. The lowest BCUT2D eigenvalue weighted by Gasteiger charge is -2.15. The third-order valence-corrected chi connectivity index (χ3v) is 5.61. The first-order valence-corrected chi connectivity index (χ1v) is 11.5. The molecule has 0 unspecified atom stereocenters. The number of rotatable bonds is 5. The van der Waals surface area contributed by atoms with Crippen molar-refractivity contribution in [1.82, 2.24) is 14.5 Å². The average molecular weight is 342 g/mol. The average Bonchev–Trinajstić information content (AvgIpc) is 2.86. The predicted octanol–water partition coefficient (Wildman–Crippen LogP) is 4.59. The second-order valence-electron chi connectivity index (χ2n) is 6.92. The summed E-state index contributed by atoms with van der Waals surface area (Å²) >= 11 is 0. The van der Waals surface area contributed by atoms with E-state index in [4.69, 9.17) is 11.3 Å². The summed E-state index contributed by atoms with van der Waals surface area (Å²) in [5, 5.41) is 1.05. The summed E-state index contributed by atoms with van der Waals surface area (Å²) in [4.78, 5) is 11.4. The Labute approximate surface area is 140 Å². The van der Waals surface area contributed by atoms with E-state index in [9.17, 15) is 4.39 Å². The van der Waals surface area contributed by atoms with Gasteiger partial charge in [-0.05, 0) is 18.2 Å². The molecule has 5 nitrogen and oxygen atoms in total. The lowest BCUT2D eigenvalue weighted by molar-refractivity contribution is 0.0925. The molecule has 0 bridgehead atoms. The van der Waals surface area contributed by atoms with Crippen molar-refractivity contribution in [2.75, 3.05) is 6.61 Å². The largest absolute Gasteiger partial charge is 0.361 e. The van der Waals surface area contributed by atoms with Crippen LogP contribution in [-0.2, 0) is 11.5 Å². The van der Waals surface area contributed by atoms with Gasteiger partial charge in [-0.25, -0.2) is 9.37 Å². The van der Waals surface area contributed by atoms with Gasteiger partial charge >= 0.3 is 5.82 Å². The molecule has 0 fully saturated rings. The Kier molecular flexibility index (Phi) is 4.35. The Morgan fingerprint density at radius 3 is 2.83 bits per heavy atom. The van der Waals surface area contributed by atoms with Gasteiger partial charge in [0, 0.05) is 31.7 Å². The van der Waals surface area contributed by atoms with E-state index in [1.54, 1.807) is 18.3 Å². The number of fused-ring (bicyclic) bond motifs is 3. The highest BCUT2D eigenvalue weighted by molar-refractivity contribution is 6.76. The molecule has 0 aliphatic heterocycles. The zero-order valence-electron chi connectivity index (χ0n) is 14.0. The Balaban J connectivity index is 2.03. The number of nitrogens with zero attached hydrogens (tertiary/aromatic N) is 4. The maximum atomic E-state index is 14.6. The summed E-state index contributed by atoms with van der Waals surface area (Å²) in [5.74, 6) is -0.814. The molecule has 24 heavy (non-hydrogen) atoms. The quantitative estimate of drug-likeness (QED) is 0.387. The molecule has 124 valence electrons. The van der Waals surface area contributed by atoms with E-state index in [0.717, 1.165) is 6.04 Å². The minimum Gasteiger partial charge on any atom is -0.361 e. The first-order valence-electron chi connectivity index (χ1n) is 7.79. The maximum Gasteiger partial charge on any atom is 0.306 e. The number of ether oxygens (including phenoxy) is 1. The van der Waals surface area contributed by atoms with Crippen LogP contribution in [0.2, 0.25) is 25.7 Å². The van der Waals surface area contributed by atoms with Gasteiger partial charge in [-0.3, -0.25) is 4.57 Å². The fourth-order valence-electron chi connectivity index (χ4n) is 2.59. The van der Waals surface area contributed by atoms with E-state index in [0.29, 0.717) is 35.3 Å². The van der Waals surface area contributed by atoms with Gasteiger partial charge in [-0.15, -0.1) is 4.98 Å². The molecule has 0 aromatic carbocycles. The molecule has 0 atom stereocenters. The summed E-state index contributed by atoms with van der Waals surface area (Å²) in [6.45, 7) is 14.9. The monoisotopic (exact) mass is 342 g/mol. The highest BCUT2D eigenvalue weighted by Crippen LogP contribution is 2.32. The number of pyridine rings is 2. The molecule has 3 heterocycles. The third kappa shape index (κ3) is 3.03. The van der Waals surface area contributed by atoms with E-state index >= 15 is 0 Å². The molecule has 0 spiro atoms. The fraction of sp³-hybridized carbons (Fsp3) is 0.353. The van der Waals surface area contributed by atoms with Gasteiger partial charge in [0.2, 0.25) is 0 Å². The van der Waals surface area contributed by atoms with Crippen LogP contribution in [0.4, 0.5) is 10.2 Å². The molecule has 3 aromatic rings. The summed E-state index contributed by atoms with van der Waals surface area (Å²) < 4.78 is 22.2. The van der Waals surface area contributed by atoms with Crippen molar-refractivity contribution < 1.29 is 9.13 Å². The zero-order chi connectivity index (χ0) is 17.3. The van der Waals surface area contributed by atoms with E-state index in [-0.39, 0.29) is 5.82 Å². The van der Waals surface area contributed by atoms with E-state index < -0.39 is 13.9 Å². The molecule has 0 amide bonds. The summed E-state index contributed by atoms with van der Waals surface area (Å²) in [6.07, 6.45) is 3.19. The van der Waals surface area contributed by atoms with Gasteiger partial charge in [0.25, 0.3) is 0 Å². The van der Waals surface area contributed by atoms with Gasteiger partial charge in [0.15, 0.2) is 5.82 Å². The minimum atomic E-state index is -1.16. The van der Waals surface area contributed by atoms with Crippen LogP contribution in [0.15, 0.2) is 24.5 Å². The standard InChI is InChI=1S/C17H19FN4OSi/c1-19-16-15(18)14-12-6-5-7-20-17(12)22(13(14)10-21-16)11-23-8-9-24(2,3)4/h5-7,10H,8-9,11H2,2-4H3. The lowest BCUT2D eigenvalue weighted by Crippen LogP contribution is -2.22. The molecule has 3 aromatic heterocycles. The van der Waals surface area contributed by atoms with Gasteiger partial charge in [0.05, 0.1) is 5.52 Å². The van der Waals surface area contributed by atoms with Crippen molar-refractivity contribution in [2.45, 2.75) is 32.4 Å².